The summed E-state index contributed by atoms with van der Waals surface area (Å²) in [6.45, 7) is 5.36. The van der Waals surface area contributed by atoms with E-state index in [4.69, 9.17) is 11.6 Å². The minimum atomic E-state index is 0.478. The number of nitrogens with one attached hydrogen (secondary N) is 2. The van der Waals surface area contributed by atoms with Gasteiger partial charge in [0, 0.05) is 24.2 Å². The third kappa shape index (κ3) is 7.96. The van der Waals surface area contributed by atoms with Gasteiger partial charge in [-0.05, 0) is 62.4 Å². The molecule has 0 aliphatic carbocycles. The number of rotatable bonds is 11. The molecule has 0 amide bonds. The molecule has 2 nitrogen and oxygen atoms in total. The normalized spacial score (nSPS) is 12.2. The maximum absolute atomic E-state index is 5.91. The molecule has 0 bridgehead atoms. The molecule has 130 valence electrons. The van der Waals surface area contributed by atoms with Gasteiger partial charge in [-0.2, -0.15) is 0 Å². The first kappa shape index (κ1) is 19.0. The van der Waals surface area contributed by atoms with Gasteiger partial charge in [-0.1, -0.05) is 54.1 Å². The van der Waals surface area contributed by atoms with Crippen LogP contribution in [0.4, 0.5) is 0 Å². The van der Waals surface area contributed by atoms with Gasteiger partial charge in [0.05, 0.1) is 0 Å². The summed E-state index contributed by atoms with van der Waals surface area (Å²) in [6.07, 6.45) is 4.69. The van der Waals surface area contributed by atoms with E-state index in [2.05, 4.69) is 60.0 Å². The molecule has 2 N–H and O–H groups in total. The van der Waals surface area contributed by atoms with Gasteiger partial charge in [-0.3, -0.25) is 0 Å². The predicted octanol–water partition coefficient (Wildman–Crippen LogP) is 4.47. The molecule has 0 spiro atoms. The van der Waals surface area contributed by atoms with Crippen LogP contribution in [-0.4, -0.2) is 25.7 Å². The van der Waals surface area contributed by atoms with E-state index in [9.17, 15) is 0 Å². The minimum Gasteiger partial charge on any atom is -0.315 e. The molecule has 0 aliphatic heterocycles. The Morgan fingerprint density at radius 2 is 1.58 bits per heavy atom. The summed E-state index contributed by atoms with van der Waals surface area (Å²) in [4.78, 5) is 0. The molecule has 0 saturated heterocycles. The van der Waals surface area contributed by atoms with Crippen molar-refractivity contribution in [3.63, 3.8) is 0 Å². The second-order valence-corrected chi connectivity index (χ2v) is 6.81. The van der Waals surface area contributed by atoms with Crippen molar-refractivity contribution < 1.29 is 0 Å². The second-order valence-electron chi connectivity index (χ2n) is 6.38. The lowest BCUT2D eigenvalue weighted by atomic mass is 10.1. The Kier molecular flexibility index (Phi) is 8.90. The molecule has 0 aromatic heterocycles. The van der Waals surface area contributed by atoms with Gasteiger partial charge in [0.1, 0.15) is 0 Å². The molecule has 2 aromatic carbocycles. The van der Waals surface area contributed by atoms with E-state index in [1.54, 1.807) is 0 Å². The van der Waals surface area contributed by atoms with Crippen molar-refractivity contribution in [2.45, 2.75) is 38.6 Å². The Hall–Kier alpha value is -1.35. The van der Waals surface area contributed by atoms with Gasteiger partial charge in [0.15, 0.2) is 0 Å². The maximum Gasteiger partial charge on any atom is 0.0406 e. The fourth-order valence-corrected chi connectivity index (χ4v) is 2.93. The van der Waals surface area contributed by atoms with E-state index in [1.165, 1.54) is 30.4 Å². The van der Waals surface area contributed by atoms with Crippen LogP contribution in [0.1, 0.15) is 30.9 Å². The molecular formula is C21H29ClN2. The number of halogens is 1. The molecule has 1 unspecified atom stereocenters. The zero-order valence-corrected chi connectivity index (χ0v) is 15.4. The van der Waals surface area contributed by atoms with Crippen molar-refractivity contribution >= 4 is 11.6 Å². The SMILES string of the molecule is CC(Cc1ccc(Cl)cc1)NCCNCCCCc1ccccc1. The monoisotopic (exact) mass is 344 g/mol. The lowest BCUT2D eigenvalue weighted by molar-refractivity contribution is 0.520. The molecule has 2 rings (SSSR count). The number of unbranched alkanes of at least 4 members (excludes halogenated alkanes) is 1. The summed E-state index contributed by atoms with van der Waals surface area (Å²) >= 11 is 5.91. The van der Waals surface area contributed by atoms with Crippen LogP contribution >= 0.6 is 11.6 Å². The molecule has 0 radical (unpaired) electrons. The highest BCUT2D eigenvalue weighted by atomic mass is 35.5. The molecular weight excluding hydrogens is 316 g/mol. The first-order valence-corrected chi connectivity index (χ1v) is 9.34. The van der Waals surface area contributed by atoms with Crippen LogP contribution in [0.3, 0.4) is 0 Å². The largest absolute Gasteiger partial charge is 0.315 e. The summed E-state index contributed by atoms with van der Waals surface area (Å²) < 4.78 is 0. The molecule has 0 saturated carbocycles. The molecule has 3 heteroatoms. The van der Waals surface area contributed by atoms with Crippen molar-refractivity contribution in [1.82, 2.24) is 10.6 Å². The van der Waals surface area contributed by atoms with Crippen LogP contribution in [0.25, 0.3) is 0 Å². The summed E-state index contributed by atoms with van der Waals surface area (Å²) in [7, 11) is 0. The third-order valence-electron chi connectivity index (χ3n) is 4.16. The van der Waals surface area contributed by atoms with Crippen LogP contribution in [-0.2, 0) is 12.8 Å². The third-order valence-corrected chi connectivity index (χ3v) is 4.41. The van der Waals surface area contributed by atoms with Crippen LogP contribution in [0.2, 0.25) is 5.02 Å². The van der Waals surface area contributed by atoms with E-state index in [-0.39, 0.29) is 0 Å². The highest BCUT2D eigenvalue weighted by Gasteiger charge is 2.02. The van der Waals surface area contributed by atoms with Gasteiger partial charge < -0.3 is 10.6 Å². The Balaban J connectivity index is 1.45. The van der Waals surface area contributed by atoms with Crippen LogP contribution in [0, 0.1) is 0 Å². The fraction of sp³-hybridized carbons (Fsp3) is 0.429. The van der Waals surface area contributed by atoms with Gasteiger partial charge in [0.25, 0.3) is 0 Å². The van der Waals surface area contributed by atoms with Crippen LogP contribution in [0.15, 0.2) is 54.6 Å². The van der Waals surface area contributed by atoms with Crippen LogP contribution < -0.4 is 10.6 Å². The lowest BCUT2D eigenvalue weighted by Gasteiger charge is -2.14. The fourth-order valence-electron chi connectivity index (χ4n) is 2.80. The molecule has 1 atom stereocenters. The Labute approximate surface area is 151 Å². The number of aryl methyl sites for hydroxylation is 1. The highest BCUT2D eigenvalue weighted by molar-refractivity contribution is 6.30. The number of hydrogen-bond donors (Lipinski definition) is 2. The molecule has 24 heavy (non-hydrogen) atoms. The number of benzene rings is 2. The highest BCUT2D eigenvalue weighted by Crippen LogP contribution is 2.10. The van der Waals surface area contributed by atoms with Crippen LogP contribution in [0.5, 0.6) is 0 Å². The van der Waals surface area contributed by atoms with Crippen molar-refractivity contribution in [2.75, 3.05) is 19.6 Å². The summed E-state index contributed by atoms with van der Waals surface area (Å²) in [5.41, 5.74) is 2.77. The Bertz CT molecular complexity index is 554. The lowest BCUT2D eigenvalue weighted by Crippen LogP contribution is -2.34. The van der Waals surface area contributed by atoms with Crippen molar-refractivity contribution in [3.05, 3.63) is 70.7 Å². The first-order chi connectivity index (χ1) is 11.7. The van der Waals surface area contributed by atoms with Gasteiger partial charge in [0.2, 0.25) is 0 Å². The summed E-state index contributed by atoms with van der Waals surface area (Å²) in [6, 6.07) is 19.3. The quantitative estimate of drug-likeness (QED) is 0.587. The molecule has 0 heterocycles. The zero-order chi connectivity index (χ0) is 17.0. The predicted molar refractivity (Wildman–Crippen MR) is 105 cm³/mol. The maximum atomic E-state index is 5.91. The average Bonchev–Trinajstić information content (AvgIpc) is 2.60. The topological polar surface area (TPSA) is 24.1 Å². The Morgan fingerprint density at radius 3 is 2.33 bits per heavy atom. The average molecular weight is 345 g/mol. The van der Waals surface area contributed by atoms with E-state index >= 15 is 0 Å². The van der Waals surface area contributed by atoms with Gasteiger partial charge in [-0.25, -0.2) is 0 Å². The van der Waals surface area contributed by atoms with E-state index in [0.29, 0.717) is 6.04 Å². The Morgan fingerprint density at radius 1 is 0.833 bits per heavy atom. The van der Waals surface area contributed by atoms with Crippen molar-refractivity contribution in [3.8, 4) is 0 Å². The van der Waals surface area contributed by atoms with Gasteiger partial charge in [-0.15, -0.1) is 0 Å². The molecule has 0 fully saturated rings. The summed E-state index contributed by atoms with van der Waals surface area (Å²) in [5, 5.41) is 7.89. The molecule has 0 aliphatic rings. The van der Waals surface area contributed by atoms with E-state index in [1.807, 2.05) is 12.1 Å². The van der Waals surface area contributed by atoms with Crippen molar-refractivity contribution in [2.24, 2.45) is 0 Å². The minimum absolute atomic E-state index is 0.478. The first-order valence-electron chi connectivity index (χ1n) is 8.96. The van der Waals surface area contributed by atoms with Crippen molar-refractivity contribution in [1.29, 1.82) is 0 Å². The van der Waals surface area contributed by atoms with Gasteiger partial charge >= 0.3 is 0 Å². The zero-order valence-electron chi connectivity index (χ0n) is 14.6. The van der Waals surface area contributed by atoms with E-state index < -0.39 is 0 Å². The standard InChI is InChI=1S/C21H29ClN2/c1-18(17-20-10-12-21(22)13-11-20)24-16-15-23-14-6-5-9-19-7-3-2-4-8-19/h2-4,7-8,10-13,18,23-24H,5-6,9,14-17H2,1H3. The number of hydrogen-bond acceptors (Lipinski definition) is 2. The second kappa shape index (κ2) is 11.2. The smallest absolute Gasteiger partial charge is 0.0406 e. The molecule has 2 aromatic rings. The van der Waals surface area contributed by atoms with E-state index in [0.717, 1.165) is 31.1 Å². The summed E-state index contributed by atoms with van der Waals surface area (Å²) in [5.74, 6) is 0.